The van der Waals surface area contributed by atoms with E-state index in [0.717, 1.165) is 51.6 Å². The monoisotopic (exact) mass is 369 g/mol. The van der Waals surface area contributed by atoms with E-state index in [1.54, 1.807) is 5.48 Å². The third-order valence-electron chi connectivity index (χ3n) is 4.98. The van der Waals surface area contributed by atoms with E-state index in [1.807, 2.05) is 18.7 Å². The molecular formula is C19H35N3O4. The van der Waals surface area contributed by atoms with E-state index in [1.165, 1.54) is 0 Å². The molecule has 26 heavy (non-hydrogen) atoms. The molecule has 0 radical (unpaired) electrons. The normalized spacial score (nSPS) is 16.9. The Morgan fingerprint density at radius 2 is 1.73 bits per heavy atom. The average Bonchev–Trinajstić information content (AvgIpc) is 2.64. The summed E-state index contributed by atoms with van der Waals surface area (Å²) in [6.07, 6.45) is 6.46. The largest absolute Gasteiger partial charge is 0.344 e. The number of hydroxylamine groups is 1. The van der Waals surface area contributed by atoms with Crippen molar-refractivity contribution in [2.24, 2.45) is 11.8 Å². The lowest BCUT2D eigenvalue weighted by atomic mass is 9.94. The number of amides is 3. The molecule has 1 heterocycles. The lowest BCUT2D eigenvalue weighted by Gasteiger charge is -2.33. The van der Waals surface area contributed by atoms with E-state index in [4.69, 9.17) is 5.21 Å². The van der Waals surface area contributed by atoms with Gasteiger partial charge in [-0.25, -0.2) is 5.48 Å². The predicted octanol–water partition coefficient (Wildman–Crippen LogP) is 2.23. The highest BCUT2D eigenvalue weighted by Gasteiger charge is 2.31. The Labute approximate surface area is 156 Å². The van der Waals surface area contributed by atoms with Crippen molar-refractivity contribution in [3.8, 4) is 0 Å². The summed E-state index contributed by atoms with van der Waals surface area (Å²) < 4.78 is 0. The third-order valence-corrected chi connectivity index (χ3v) is 4.98. The molecule has 1 saturated heterocycles. The second kappa shape index (κ2) is 11.9. The molecule has 0 bridgehead atoms. The van der Waals surface area contributed by atoms with Gasteiger partial charge in [0.1, 0.15) is 6.04 Å². The number of rotatable bonds is 10. The zero-order valence-corrected chi connectivity index (χ0v) is 16.4. The summed E-state index contributed by atoms with van der Waals surface area (Å²) in [4.78, 5) is 39.0. The number of likely N-dealkylation sites (tertiary alicyclic amines) is 1. The number of carbonyl (C=O) groups excluding carboxylic acids is 3. The molecule has 0 spiro atoms. The van der Waals surface area contributed by atoms with Crippen molar-refractivity contribution in [1.29, 1.82) is 0 Å². The average molecular weight is 370 g/mol. The first-order valence-corrected chi connectivity index (χ1v) is 9.92. The van der Waals surface area contributed by atoms with Crippen LogP contribution < -0.4 is 10.8 Å². The molecule has 0 unspecified atom stereocenters. The summed E-state index contributed by atoms with van der Waals surface area (Å²) in [6, 6.07) is -0.577. The van der Waals surface area contributed by atoms with Gasteiger partial charge in [-0.1, -0.05) is 40.0 Å². The molecule has 0 aromatic heterocycles. The highest BCUT2D eigenvalue weighted by Crippen LogP contribution is 2.17. The lowest BCUT2D eigenvalue weighted by molar-refractivity contribution is -0.140. The van der Waals surface area contributed by atoms with E-state index in [2.05, 4.69) is 12.2 Å². The molecule has 3 N–H and O–H groups in total. The van der Waals surface area contributed by atoms with Gasteiger partial charge in [0, 0.05) is 25.4 Å². The quantitative estimate of drug-likeness (QED) is 0.312. The van der Waals surface area contributed by atoms with Crippen LogP contribution in [0.3, 0.4) is 0 Å². The van der Waals surface area contributed by atoms with Gasteiger partial charge in [-0.15, -0.1) is 0 Å². The summed E-state index contributed by atoms with van der Waals surface area (Å²) in [6.45, 7) is 7.38. The minimum absolute atomic E-state index is 0.0312. The zero-order chi connectivity index (χ0) is 19.5. The maximum atomic E-state index is 12.8. The fraction of sp³-hybridized carbons (Fsp3) is 0.842. The van der Waals surface area contributed by atoms with Crippen LogP contribution in [-0.4, -0.2) is 47.0 Å². The molecule has 1 rings (SSSR count). The van der Waals surface area contributed by atoms with Crippen LogP contribution in [0.1, 0.15) is 72.1 Å². The Kier molecular flexibility index (Phi) is 10.2. The number of hydrogen-bond donors (Lipinski definition) is 3. The van der Waals surface area contributed by atoms with Gasteiger partial charge >= 0.3 is 0 Å². The first kappa shape index (κ1) is 22.4. The van der Waals surface area contributed by atoms with Crippen molar-refractivity contribution in [2.75, 3.05) is 13.1 Å². The fourth-order valence-electron chi connectivity index (χ4n) is 3.33. The zero-order valence-electron chi connectivity index (χ0n) is 16.4. The maximum Gasteiger partial charge on any atom is 0.245 e. The number of carbonyl (C=O) groups is 3. The molecule has 1 fully saturated rings. The molecule has 1 aliphatic rings. The van der Waals surface area contributed by atoms with Crippen LogP contribution in [0, 0.1) is 11.8 Å². The van der Waals surface area contributed by atoms with Crippen molar-refractivity contribution in [1.82, 2.24) is 15.7 Å². The van der Waals surface area contributed by atoms with Crippen LogP contribution in [0.2, 0.25) is 0 Å². The van der Waals surface area contributed by atoms with E-state index in [-0.39, 0.29) is 24.2 Å². The SMILES string of the molecule is CCCCC[C@H](CC(=O)NO)C(=O)N[C@H](C(=O)N1CCCCC1)C(C)C. The number of hydrogen-bond acceptors (Lipinski definition) is 4. The summed E-state index contributed by atoms with van der Waals surface area (Å²) in [5.74, 6) is -1.47. The van der Waals surface area contributed by atoms with Crippen molar-refractivity contribution in [3.05, 3.63) is 0 Å². The van der Waals surface area contributed by atoms with Crippen LogP contribution in [0.4, 0.5) is 0 Å². The molecule has 0 aliphatic carbocycles. The lowest BCUT2D eigenvalue weighted by Crippen LogP contribution is -2.53. The molecule has 2 atom stereocenters. The summed E-state index contributed by atoms with van der Waals surface area (Å²) in [7, 11) is 0. The Morgan fingerprint density at radius 3 is 2.27 bits per heavy atom. The van der Waals surface area contributed by atoms with Gasteiger partial charge in [-0.2, -0.15) is 0 Å². The minimum Gasteiger partial charge on any atom is -0.344 e. The number of unbranched alkanes of at least 4 members (excludes halogenated alkanes) is 2. The van der Waals surface area contributed by atoms with Crippen molar-refractivity contribution >= 4 is 17.7 Å². The van der Waals surface area contributed by atoms with Crippen molar-refractivity contribution in [2.45, 2.75) is 78.2 Å². The van der Waals surface area contributed by atoms with E-state index >= 15 is 0 Å². The Hall–Kier alpha value is -1.63. The number of piperidine rings is 1. The van der Waals surface area contributed by atoms with E-state index < -0.39 is 17.9 Å². The first-order chi connectivity index (χ1) is 12.4. The van der Waals surface area contributed by atoms with Crippen LogP contribution >= 0.6 is 0 Å². The van der Waals surface area contributed by atoms with Gasteiger partial charge in [-0.3, -0.25) is 19.6 Å². The summed E-state index contributed by atoms with van der Waals surface area (Å²) >= 11 is 0. The summed E-state index contributed by atoms with van der Waals surface area (Å²) in [5.41, 5.74) is 1.60. The molecule has 0 aromatic carbocycles. The number of nitrogens with zero attached hydrogens (tertiary/aromatic N) is 1. The van der Waals surface area contributed by atoms with Gasteiger partial charge in [-0.05, 0) is 31.6 Å². The van der Waals surface area contributed by atoms with Gasteiger partial charge in [0.25, 0.3) is 0 Å². The molecule has 7 nitrogen and oxygen atoms in total. The summed E-state index contributed by atoms with van der Waals surface area (Å²) in [5, 5.41) is 11.7. The molecular weight excluding hydrogens is 334 g/mol. The predicted molar refractivity (Wildman–Crippen MR) is 99.4 cm³/mol. The molecule has 3 amide bonds. The Morgan fingerprint density at radius 1 is 1.08 bits per heavy atom. The Bertz CT molecular complexity index is 462. The molecule has 7 heteroatoms. The van der Waals surface area contributed by atoms with Gasteiger partial charge in [0.15, 0.2) is 0 Å². The second-order valence-corrected chi connectivity index (χ2v) is 7.55. The minimum atomic E-state index is -0.579. The molecule has 150 valence electrons. The van der Waals surface area contributed by atoms with Crippen molar-refractivity contribution in [3.63, 3.8) is 0 Å². The second-order valence-electron chi connectivity index (χ2n) is 7.55. The van der Waals surface area contributed by atoms with Crippen LogP contribution in [0.25, 0.3) is 0 Å². The topological polar surface area (TPSA) is 98.7 Å². The molecule has 0 aromatic rings. The number of nitrogens with one attached hydrogen (secondary N) is 2. The van der Waals surface area contributed by atoms with Gasteiger partial charge in [0.05, 0.1) is 0 Å². The van der Waals surface area contributed by atoms with E-state index in [9.17, 15) is 14.4 Å². The third kappa shape index (κ3) is 7.32. The smallest absolute Gasteiger partial charge is 0.245 e. The van der Waals surface area contributed by atoms with Gasteiger partial charge < -0.3 is 10.2 Å². The van der Waals surface area contributed by atoms with Crippen LogP contribution in [0.5, 0.6) is 0 Å². The van der Waals surface area contributed by atoms with E-state index in [0.29, 0.717) is 6.42 Å². The van der Waals surface area contributed by atoms with Crippen LogP contribution in [-0.2, 0) is 14.4 Å². The Balaban J connectivity index is 2.75. The fourth-order valence-corrected chi connectivity index (χ4v) is 3.33. The van der Waals surface area contributed by atoms with Crippen molar-refractivity contribution < 1.29 is 19.6 Å². The highest BCUT2D eigenvalue weighted by atomic mass is 16.5. The maximum absolute atomic E-state index is 12.8. The molecule has 1 aliphatic heterocycles. The first-order valence-electron chi connectivity index (χ1n) is 9.92. The highest BCUT2D eigenvalue weighted by molar-refractivity contribution is 5.90. The van der Waals surface area contributed by atoms with Crippen LogP contribution in [0.15, 0.2) is 0 Å². The molecule has 0 saturated carbocycles. The standard InChI is InChI=1S/C19H35N3O4/c1-4-5-7-10-15(13-16(23)21-26)18(24)20-17(14(2)3)19(25)22-11-8-6-9-12-22/h14-15,17,26H,4-13H2,1-3H3,(H,20,24)(H,21,23)/t15-,17+/m1/s1. The van der Waals surface area contributed by atoms with Gasteiger partial charge in [0.2, 0.25) is 17.7 Å².